The fraction of sp³-hybridized carbons (Fsp3) is 0.267. The van der Waals surface area contributed by atoms with Crippen LogP contribution in [0.25, 0.3) is 22.2 Å². The molecule has 1 aromatic carbocycles. The number of thiazole rings is 1. The summed E-state index contributed by atoms with van der Waals surface area (Å²) in [6.07, 6.45) is 4.53. The Morgan fingerprint density at radius 1 is 1.26 bits per heavy atom. The molecule has 4 rings (SSSR count). The average molecular weight is 269 g/mol. The standard InChI is InChI=1S/C15H15N3S/c1-2-5-12-10(4-1)11(8-17-12)14-9-19-15(18-14)13-6-3-7-16-13/h1-2,4-5,8-9,13,16-17H,3,6-7H2. The quantitative estimate of drug-likeness (QED) is 0.744. The third kappa shape index (κ3) is 1.88. The summed E-state index contributed by atoms with van der Waals surface area (Å²) in [7, 11) is 0. The monoisotopic (exact) mass is 269 g/mol. The van der Waals surface area contributed by atoms with Crippen molar-refractivity contribution in [3.05, 3.63) is 40.8 Å². The van der Waals surface area contributed by atoms with Gasteiger partial charge in [0, 0.05) is 28.0 Å². The molecule has 1 saturated heterocycles. The van der Waals surface area contributed by atoms with Crippen LogP contribution in [-0.4, -0.2) is 16.5 Å². The highest BCUT2D eigenvalue weighted by molar-refractivity contribution is 7.10. The zero-order valence-corrected chi connectivity index (χ0v) is 11.3. The van der Waals surface area contributed by atoms with E-state index in [1.54, 1.807) is 11.3 Å². The SMILES string of the molecule is c1ccc2c(-c3csc(C4CCCN4)n3)c[nH]c2c1. The second-order valence-corrected chi connectivity index (χ2v) is 5.86. The molecule has 3 nitrogen and oxygen atoms in total. The zero-order chi connectivity index (χ0) is 12.7. The maximum absolute atomic E-state index is 4.82. The molecule has 0 radical (unpaired) electrons. The highest BCUT2D eigenvalue weighted by Gasteiger charge is 2.20. The Balaban J connectivity index is 1.76. The van der Waals surface area contributed by atoms with Gasteiger partial charge in [0.05, 0.1) is 11.7 Å². The first-order valence-corrected chi connectivity index (χ1v) is 7.55. The molecule has 0 amide bonds. The van der Waals surface area contributed by atoms with E-state index in [1.165, 1.54) is 34.3 Å². The summed E-state index contributed by atoms with van der Waals surface area (Å²) >= 11 is 1.77. The lowest BCUT2D eigenvalue weighted by atomic mass is 10.1. The van der Waals surface area contributed by atoms with E-state index in [-0.39, 0.29) is 0 Å². The summed E-state index contributed by atoms with van der Waals surface area (Å²) in [5.41, 5.74) is 3.47. The van der Waals surface area contributed by atoms with Gasteiger partial charge in [-0.1, -0.05) is 18.2 Å². The van der Waals surface area contributed by atoms with Crippen molar-refractivity contribution in [3.63, 3.8) is 0 Å². The summed E-state index contributed by atoms with van der Waals surface area (Å²) < 4.78 is 0. The summed E-state index contributed by atoms with van der Waals surface area (Å²) in [4.78, 5) is 8.14. The maximum Gasteiger partial charge on any atom is 0.110 e. The zero-order valence-electron chi connectivity index (χ0n) is 10.5. The van der Waals surface area contributed by atoms with Crippen LogP contribution in [0.5, 0.6) is 0 Å². The molecule has 96 valence electrons. The molecule has 1 fully saturated rings. The Labute approximate surface area is 115 Å². The first-order valence-electron chi connectivity index (χ1n) is 6.67. The van der Waals surface area contributed by atoms with Gasteiger partial charge in [0.1, 0.15) is 5.01 Å². The van der Waals surface area contributed by atoms with Crippen molar-refractivity contribution < 1.29 is 0 Å². The number of fused-ring (bicyclic) bond motifs is 1. The van der Waals surface area contributed by atoms with Gasteiger partial charge in [-0.3, -0.25) is 0 Å². The van der Waals surface area contributed by atoms with Crippen molar-refractivity contribution in [1.29, 1.82) is 0 Å². The molecule has 0 aliphatic carbocycles. The number of rotatable bonds is 2. The molecule has 4 heteroatoms. The number of benzene rings is 1. The number of para-hydroxylation sites is 1. The summed E-state index contributed by atoms with van der Waals surface area (Å²) in [6.45, 7) is 1.12. The van der Waals surface area contributed by atoms with Crippen LogP contribution in [0, 0.1) is 0 Å². The Bertz CT molecular complexity index is 707. The van der Waals surface area contributed by atoms with Crippen LogP contribution in [0.4, 0.5) is 0 Å². The van der Waals surface area contributed by atoms with Crippen LogP contribution in [0.15, 0.2) is 35.8 Å². The van der Waals surface area contributed by atoms with Gasteiger partial charge in [0.25, 0.3) is 0 Å². The first-order chi connectivity index (χ1) is 9.42. The van der Waals surface area contributed by atoms with Gasteiger partial charge in [0.2, 0.25) is 0 Å². The van der Waals surface area contributed by atoms with Crippen LogP contribution in [0.1, 0.15) is 23.9 Å². The van der Waals surface area contributed by atoms with Crippen molar-refractivity contribution in [3.8, 4) is 11.3 Å². The minimum absolute atomic E-state index is 0.462. The van der Waals surface area contributed by atoms with Gasteiger partial charge in [-0.25, -0.2) is 4.98 Å². The average Bonchev–Trinajstić information content (AvgIpc) is 3.18. The Morgan fingerprint density at radius 2 is 2.21 bits per heavy atom. The van der Waals surface area contributed by atoms with Crippen molar-refractivity contribution in [2.45, 2.75) is 18.9 Å². The molecule has 1 aliphatic heterocycles. The van der Waals surface area contributed by atoms with Crippen LogP contribution in [0.2, 0.25) is 0 Å². The Hall–Kier alpha value is -1.65. The lowest BCUT2D eigenvalue weighted by Crippen LogP contribution is -2.12. The highest BCUT2D eigenvalue weighted by atomic mass is 32.1. The minimum atomic E-state index is 0.462. The number of nitrogens with zero attached hydrogens (tertiary/aromatic N) is 1. The predicted octanol–water partition coefficient (Wildman–Crippen LogP) is 3.72. The van der Waals surface area contributed by atoms with Gasteiger partial charge in [-0.05, 0) is 25.5 Å². The van der Waals surface area contributed by atoms with Crippen molar-refractivity contribution in [1.82, 2.24) is 15.3 Å². The van der Waals surface area contributed by atoms with Crippen molar-refractivity contribution >= 4 is 22.2 Å². The maximum atomic E-state index is 4.82. The fourth-order valence-electron chi connectivity index (χ4n) is 2.75. The molecule has 3 heterocycles. The molecule has 0 bridgehead atoms. The summed E-state index contributed by atoms with van der Waals surface area (Å²) in [5.74, 6) is 0. The van der Waals surface area contributed by atoms with Gasteiger partial charge in [0.15, 0.2) is 0 Å². The number of H-pyrrole nitrogens is 1. The highest BCUT2D eigenvalue weighted by Crippen LogP contribution is 2.32. The molecule has 0 saturated carbocycles. The van der Waals surface area contributed by atoms with Gasteiger partial charge >= 0.3 is 0 Å². The van der Waals surface area contributed by atoms with Crippen LogP contribution in [0.3, 0.4) is 0 Å². The molecule has 19 heavy (non-hydrogen) atoms. The van der Waals surface area contributed by atoms with Crippen molar-refractivity contribution in [2.75, 3.05) is 6.54 Å². The second-order valence-electron chi connectivity index (χ2n) is 4.97. The van der Waals surface area contributed by atoms with E-state index in [2.05, 4.69) is 46.1 Å². The van der Waals surface area contributed by atoms with E-state index in [9.17, 15) is 0 Å². The molecular weight excluding hydrogens is 254 g/mol. The number of aromatic nitrogens is 2. The molecule has 1 aliphatic rings. The fourth-order valence-corrected chi connectivity index (χ4v) is 3.68. The van der Waals surface area contributed by atoms with Crippen LogP contribution >= 0.6 is 11.3 Å². The number of hydrogen-bond acceptors (Lipinski definition) is 3. The van der Waals surface area contributed by atoms with E-state index in [0.717, 1.165) is 12.2 Å². The van der Waals surface area contributed by atoms with Gasteiger partial charge in [-0.15, -0.1) is 11.3 Å². The lowest BCUT2D eigenvalue weighted by Gasteiger charge is -2.04. The van der Waals surface area contributed by atoms with Gasteiger partial charge < -0.3 is 10.3 Å². The van der Waals surface area contributed by atoms with Gasteiger partial charge in [-0.2, -0.15) is 0 Å². The Kier molecular flexibility index (Phi) is 2.64. The Morgan fingerprint density at radius 3 is 3.11 bits per heavy atom. The van der Waals surface area contributed by atoms with E-state index in [1.807, 2.05) is 0 Å². The predicted molar refractivity (Wildman–Crippen MR) is 79.4 cm³/mol. The summed E-state index contributed by atoms with van der Waals surface area (Å²) in [5, 5.41) is 8.15. The van der Waals surface area contributed by atoms with Crippen LogP contribution in [-0.2, 0) is 0 Å². The van der Waals surface area contributed by atoms with E-state index in [0.29, 0.717) is 6.04 Å². The third-order valence-electron chi connectivity index (χ3n) is 3.75. The molecule has 0 spiro atoms. The smallest absolute Gasteiger partial charge is 0.110 e. The van der Waals surface area contributed by atoms with E-state index in [4.69, 9.17) is 4.98 Å². The molecular formula is C15H15N3S. The molecule has 1 unspecified atom stereocenters. The minimum Gasteiger partial charge on any atom is -0.360 e. The number of hydrogen-bond donors (Lipinski definition) is 2. The van der Waals surface area contributed by atoms with E-state index < -0.39 is 0 Å². The summed E-state index contributed by atoms with van der Waals surface area (Å²) in [6, 6.07) is 8.84. The lowest BCUT2D eigenvalue weighted by molar-refractivity contribution is 0.643. The second kappa shape index (κ2) is 4.47. The van der Waals surface area contributed by atoms with Crippen molar-refractivity contribution in [2.24, 2.45) is 0 Å². The topological polar surface area (TPSA) is 40.7 Å². The normalized spacial score (nSPS) is 19.3. The third-order valence-corrected chi connectivity index (χ3v) is 4.70. The number of nitrogens with one attached hydrogen (secondary N) is 2. The number of aromatic amines is 1. The first kappa shape index (κ1) is 11.2. The van der Waals surface area contributed by atoms with Crippen LogP contribution < -0.4 is 5.32 Å². The van der Waals surface area contributed by atoms with E-state index >= 15 is 0 Å². The molecule has 2 aromatic heterocycles. The molecule has 3 aromatic rings. The molecule has 2 N–H and O–H groups in total. The molecule has 1 atom stereocenters. The largest absolute Gasteiger partial charge is 0.360 e.